The van der Waals surface area contributed by atoms with E-state index in [1.54, 1.807) is 16.7 Å². The van der Waals surface area contributed by atoms with Crippen molar-refractivity contribution in [1.29, 1.82) is 0 Å². The average Bonchev–Trinajstić information content (AvgIpc) is 3.08. The number of hydrogen-bond donors (Lipinski definition) is 0. The van der Waals surface area contributed by atoms with Gasteiger partial charge in [0.2, 0.25) is 0 Å². The van der Waals surface area contributed by atoms with Gasteiger partial charge in [-0.05, 0) is 48.6 Å². The van der Waals surface area contributed by atoms with Gasteiger partial charge in [0.25, 0.3) is 0 Å². The number of allylic oxidation sites excluding steroid dienone is 1. The van der Waals surface area contributed by atoms with E-state index >= 15 is 0 Å². The van der Waals surface area contributed by atoms with Crippen molar-refractivity contribution in [1.82, 2.24) is 0 Å². The molecule has 136 valence electrons. The van der Waals surface area contributed by atoms with E-state index in [1.165, 1.54) is 44.1 Å². The lowest BCUT2D eigenvalue weighted by Gasteiger charge is -2.35. The molecule has 0 spiro atoms. The summed E-state index contributed by atoms with van der Waals surface area (Å²) >= 11 is 0. The van der Waals surface area contributed by atoms with Crippen molar-refractivity contribution in [3.63, 3.8) is 0 Å². The number of fused-ring (bicyclic) bond motifs is 3. The zero-order chi connectivity index (χ0) is 17.8. The van der Waals surface area contributed by atoms with Crippen LogP contribution in [0.3, 0.4) is 0 Å². The van der Waals surface area contributed by atoms with Crippen molar-refractivity contribution in [2.24, 2.45) is 5.92 Å². The summed E-state index contributed by atoms with van der Waals surface area (Å²) in [6, 6.07) is 20.2. The molecule has 2 aromatic rings. The van der Waals surface area contributed by atoms with E-state index < -0.39 is 0 Å². The first-order valence-corrected chi connectivity index (χ1v) is 10.4. The molecule has 3 atom stereocenters. The van der Waals surface area contributed by atoms with Crippen LogP contribution < -0.4 is 0 Å². The summed E-state index contributed by atoms with van der Waals surface area (Å²) in [6.07, 6.45) is 11.0. The summed E-state index contributed by atoms with van der Waals surface area (Å²) < 4.78 is 0. The molecule has 1 unspecified atom stereocenters. The molecule has 26 heavy (non-hydrogen) atoms. The van der Waals surface area contributed by atoms with E-state index in [1.807, 2.05) is 0 Å². The maximum atomic E-state index is 5.12. The van der Waals surface area contributed by atoms with Gasteiger partial charge in [0, 0.05) is 0 Å². The zero-order valence-electron chi connectivity index (χ0n) is 15.9. The largest absolute Gasteiger partial charge is 0.684 e. The molecular formula is C25H30N-. The number of hydrogen-bond acceptors (Lipinski definition) is 0. The molecule has 0 amide bonds. The Bertz CT molecular complexity index is 746. The van der Waals surface area contributed by atoms with E-state index in [0.29, 0.717) is 12.0 Å². The maximum absolute atomic E-state index is 5.12. The van der Waals surface area contributed by atoms with Crippen molar-refractivity contribution in [3.05, 3.63) is 88.4 Å². The number of unbranched alkanes of at least 4 members (excludes halogenated alkanes) is 1. The van der Waals surface area contributed by atoms with E-state index in [9.17, 15) is 0 Å². The van der Waals surface area contributed by atoms with Gasteiger partial charge in [-0.25, -0.2) is 0 Å². The lowest BCUT2D eigenvalue weighted by atomic mass is 9.76. The highest BCUT2D eigenvalue weighted by Crippen LogP contribution is 2.49. The molecule has 1 fully saturated rings. The van der Waals surface area contributed by atoms with E-state index in [0.717, 1.165) is 12.3 Å². The Morgan fingerprint density at radius 1 is 1.04 bits per heavy atom. The zero-order valence-corrected chi connectivity index (χ0v) is 15.9. The minimum atomic E-state index is 0.313. The molecule has 0 bridgehead atoms. The Morgan fingerprint density at radius 3 is 2.69 bits per heavy atom. The number of benzene rings is 2. The van der Waals surface area contributed by atoms with Crippen LogP contribution in [0.25, 0.3) is 5.32 Å². The van der Waals surface area contributed by atoms with Crippen molar-refractivity contribution >= 4 is 0 Å². The first kappa shape index (κ1) is 17.4. The first-order valence-electron chi connectivity index (χ1n) is 10.4. The molecule has 0 saturated heterocycles. The molecule has 2 aliphatic carbocycles. The predicted octanol–water partition coefficient (Wildman–Crippen LogP) is 7.32. The lowest BCUT2D eigenvalue weighted by Crippen LogP contribution is -2.16. The number of nitrogens with zero attached hydrogens (tertiary/aromatic N) is 1. The minimum absolute atomic E-state index is 0.313. The van der Waals surface area contributed by atoms with Gasteiger partial charge in [0.15, 0.2) is 0 Å². The van der Waals surface area contributed by atoms with Crippen molar-refractivity contribution in [2.45, 2.75) is 63.8 Å². The van der Waals surface area contributed by atoms with Gasteiger partial charge in [0.05, 0.1) is 0 Å². The minimum Gasteiger partial charge on any atom is -0.684 e. The summed E-state index contributed by atoms with van der Waals surface area (Å²) in [6.45, 7) is 2.27. The molecule has 0 heterocycles. The number of rotatable bonds is 6. The fraction of sp³-hybridized carbons (Fsp3) is 0.440. The smallest absolute Gasteiger partial charge is 0.00908 e. The van der Waals surface area contributed by atoms with Crippen LogP contribution in [-0.4, -0.2) is 0 Å². The van der Waals surface area contributed by atoms with Crippen molar-refractivity contribution < 1.29 is 0 Å². The van der Waals surface area contributed by atoms with Gasteiger partial charge in [-0.2, -0.15) is 6.20 Å². The fourth-order valence-electron chi connectivity index (χ4n) is 4.88. The second-order valence-electron chi connectivity index (χ2n) is 7.93. The molecule has 1 heteroatoms. The van der Waals surface area contributed by atoms with E-state index in [2.05, 4.69) is 67.7 Å². The molecule has 0 aliphatic heterocycles. The van der Waals surface area contributed by atoms with Gasteiger partial charge in [-0.15, -0.1) is 0 Å². The van der Waals surface area contributed by atoms with Crippen molar-refractivity contribution in [2.75, 3.05) is 0 Å². The second-order valence-corrected chi connectivity index (χ2v) is 7.93. The first-order chi connectivity index (χ1) is 12.9. The third-order valence-corrected chi connectivity index (χ3v) is 6.27. The SMILES string of the molecule is CCCCC([N-]/C=C1/CCC[C@H]2c3ccccc3C[C@@H]12)c1ccccc1. The van der Waals surface area contributed by atoms with Crippen LogP contribution in [0.2, 0.25) is 0 Å². The topological polar surface area (TPSA) is 14.1 Å². The molecule has 4 rings (SSSR count). The fourth-order valence-corrected chi connectivity index (χ4v) is 4.88. The van der Waals surface area contributed by atoms with Crippen LogP contribution in [-0.2, 0) is 6.42 Å². The van der Waals surface area contributed by atoms with Crippen molar-refractivity contribution in [3.8, 4) is 0 Å². The van der Waals surface area contributed by atoms with Gasteiger partial charge in [0.1, 0.15) is 0 Å². The van der Waals surface area contributed by atoms with Crippen LogP contribution >= 0.6 is 0 Å². The monoisotopic (exact) mass is 344 g/mol. The highest BCUT2D eigenvalue weighted by atomic mass is 14.9. The third kappa shape index (κ3) is 3.58. The summed E-state index contributed by atoms with van der Waals surface area (Å²) in [5, 5.41) is 5.12. The molecule has 1 saturated carbocycles. The molecule has 2 aliphatic rings. The standard InChI is InChI=1S/C25H30N/c1-2-3-16-25(19-10-5-4-6-11-19)26-18-21-13-9-15-23-22-14-8-7-12-20(22)17-24(21)23/h4-8,10-12,14,18,23-25H,2-3,9,13,15-17H2,1H3/q-1/b21-18-/t23-,24-,25?/m0/s1. The summed E-state index contributed by atoms with van der Waals surface area (Å²) in [5.41, 5.74) is 6.13. The third-order valence-electron chi connectivity index (χ3n) is 6.27. The van der Waals surface area contributed by atoms with Gasteiger partial charge >= 0.3 is 0 Å². The summed E-state index contributed by atoms with van der Waals surface area (Å²) in [4.78, 5) is 0. The molecular weight excluding hydrogens is 314 g/mol. The van der Waals surface area contributed by atoms with Crippen LogP contribution in [0.4, 0.5) is 0 Å². The van der Waals surface area contributed by atoms with E-state index in [-0.39, 0.29) is 0 Å². The Kier molecular flexibility index (Phi) is 5.43. The Balaban J connectivity index is 1.52. The Morgan fingerprint density at radius 2 is 1.85 bits per heavy atom. The molecule has 1 nitrogen and oxygen atoms in total. The summed E-state index contributed by atoms with van der Waals surface area (Å²) in [5.74, 6) is 1.42. The molecule has 0 N–H and O–H groups in total. The van der Waals surface area contributed by atoms with E-state index in [4.69, 9.17) is 5.32 Å². The van der Waals surface area contributed by atoms with Gasteiger partial charge in [-0.3, -0.25) is 0 Å². The van der Waals surface area contributed by atoms with Gasteiger partial charge < -0.3 is 5.32 Å². The Labute approximate surface area is 158 Å². The maximum Gasteiger partial charge on any atom is -0.00908 e. The normalized spacial score (nSPS) is 24.1. The quantitative estimate of drug-likeness (QED) is 0.521. The predicted molar refractivity (Wildman–Crippen MR) is 110 cm³/mol. The highest BCUT2D eigenvalue weighted by molar-refractivity contribution is 5.41. The van der Waals surface area contributed by atoms with Crippen LogP contribution in [0.15, 0.2) is 66.4 Å². The Hall–Kier alpha value is -2.02. The highest BCUT2D eigenvalue weighted by Gasteiger charge is 2.35. The summed E-state index contributed by atoms with van der Waals surface area (Å²) in [7, 11) is 0. The molecule has 0 aromatic heterocycles. The molecule has 0 radical (unpaired) electrons. The lowest BCUT2D eigenvalue weighted by molar-refractivity contribution is 0.416. The van der Waals surface area contributed by atoms with Crippen LogP contribution in [0, 0.1) is 5.92 Å². The van der Waals surface area contributed by atoms with Crippen LogP contribution in [0.1, 0.15) is 74.1 Å². The van der Waals surface area contributed by atoms with Crippen LogP contribution in [0.5, 0.6) is 0 Å². The second kappa shape index (κ2) is 8.12. The molecule has 2 aromatic carbocycles. The van der Waals surface area contributed by atoms with Gasteiger partial charge in [-0.1, -0.05) is 98.0 Å². The average molecular weight is 345 g/mol.